The summed E-state index contributed by atoms with van der Waals surface area (Å²) < 4.78 is 3.23. The molecule has 1 atom stereocenters. The molecule has 1 aromatic heterocycles. The van der Waals surface area contributed by atoms with Crippen LogP contribution < -0.4 is 5.73 Å². The molecule has 84 valence electrons. The van der Waals surface area contributed by atoms with E-state index in [0.717, 1.165) is 17.8 Å². The summed E-state index contributed by atoms with van der Waals surface area (Å²) in [7, 11) is 1.99. The first-order valence-corrected chi connectivity index (χ1v) is 6.22. The predicted octanol–water partition coefficient (Wildman–Crippen LogP) is 2.27. The van der Waals surface area contributed by atoms with Crippen LogP contribution in [0.25, 0.3) is 0 Å². The first kappa shape index (κ1) is 11.6. The number of aromatic nitrogens is 2. The van der Waals surface area contributed by atoms with Crippen molar-refractivity contribution in [2.45, 2.75) is 12.5 Å². The molecule has 16 heavy (non-hydrogen) atoms. The van der Waals surface area contributed by atoms with Crippen LogP contribution >= 0.6 is 22.6 Å². The van der Waals surface area contributed by atoms with E-state index in [9.17, 15) is 0 Å². The van der Waals surface area contributed by atoms with Gasteiger partial charge in [0.25, 0.3) is 0 Å². The molecule has 0 fully saturated rings. The average molecular weight is 327 g/mol. The molecule has 0 saturated heterocycles. The summed E-state index contributed by atoms with van der Waals surface area (Å²) in [4.78, 5) is 4.28. The molecule has 0 aliphatic heterocycles. The average Bonchev–Trinajstić information content (AvgIpc) is 2.65. The van der Waals surface area contributed by atoms with Crippen molar-refractivity contribution in [2.24, 2.45) is 12.8 Å². The van der Waals surface area contributed by atoms with E-state index < -0.39 is 0 Å². The normalized spacial score (nSPS) is 12.7. The number of aryl methyl sites for hydroxylation is 1. The van der Waals surface area contributed by atoms with Crippen LogP contribution in [0.2, 0.25) is 0 Å². The number of nitrogens with two attached hydrogens (primary N) is 1. The van der Waals surface area contributed by atoms with Crippen molar-refractivity contribution in [1.29, 1.82) is 0 Å². The Bertz CT molecular complexity index is 461. The van der Waals surface area contributed by atoms with Gasteiger partial charge in [-0.2, -0.15) is 0 Å². The number of nitrogens with zero attached hydrogens (tertiary/aromatic N) is 2. The van der Waals surface area contributed by atoms with Gasteiger partial charge in [0, 0.05) is 35.5 Å². The zero-order valence-corrected chi connectivity index (χ0v) is 11.3. The fraction of sp³-hybridized carbons (Fsp3) is 0.250. The molecular weight excluding hydrogens is 313 g/mol. The molecule has 1 unspecified atom stereocenters. The van der Waals surface area contributed by atoms with Crippen LogP contribution in [0.1, 0.15) is 17.4 Å². The zero-order valence-electron chi connectivity index (χ0n) is 9.10. The molecule has 2 N–H and O–H groups in total. The lowest BCUT2D eigenvalue weighted by atomic mass is 10.0. The van der Waals surface area contributed by atoms with E-state index in [0.29, 0.717) is 0 Å². The third-order valence-electron chi connectivity index (χ3n) is 2.62. The zero-order chi connectivity index (χ0) is 11.5. The molecule has 0 saturated carbocycles. The number of hydrogen-bond donors (Lipinski definition) is 1. The van der Waals surface area contributed by atoms with Gasteiger partial charge in [0.1, 0.15) is 5.82 Å². The van der Waals surface area contributed by atoms with Crippen molar-refractivity contribution in [2.75, 3.05) is 0 Å². The van der Waals surface area contributed by atoms with Crippen LogP contribution in [0.5, 0.6) is 0 Å². The standard InChI is InChI=1S/C12H14IN3/c1-16-7-6-15-12(16)8-11(14)9-2-4-10(13)5-3-9/h2-7,11H,8,14H2,1H3. The van der Waals surface area contributed by atoms with Crippen molar-refractivity contribution in [1.82, 2.24) is 9.55 Å². The summed E-state index contributed by atoms with van der Waals surface area (Å²) in [6.07, 6.45) is 4.51. The molecule has 0 bridgehead atoms. The van der Waals surface area contributed by atoms with Gasteiger partial charge >= 0.3 is 0 Å². The molecule has 1 heterocycles. The minimum Gasteiger partial charge on any atom is -0.338 e. The molecule has 0 aliphatic rings. The van der Waals surface area contributed by atoms with E-state index in [1.165, 1.54) is 3.57 Å². The molecule has 0 radical (unpaired) electrons. The van der Waals surface area contributed by atoms with Crippen molar-refractivity contribution < 1.29 is 0 Å². The quantitative estimate of drug-likeness (QED) is 0.879. The molecule has 4 heteroatoms. The number of rotatable bonds is 3. The van der Waals surface area contributed by atoms with Gasteiger partial charge in [-0.15, -0.1) is 0 Å². The van der Waals surface area contributed by atoms with Crippen molar-refractivity contribution in [3.8, 4) is 0 Å². The fourth-order valence-electron chi connectivity index (χ4n) is 1.62. The third kappa shape index (κ3) is 2.62. The van der Waals surface area contributed by atoms with E-state index in [1.54, 1.807) is 6.20 Å². The molecule has 2 aromatic rings. The summed E-state index contributed by atoms with van der Waals surface area (Å²) in [5, 5.41) is 0. The summed E-state index contributed by atoms with van der Waals surface area (Å²) >= 11 is 2.29. The maximum absolute atomic E-state index is 6.15. The number of benzene rings is 1. The van der Waals surface area contributed by atoms with Crippen molar-refractivity contribution in [3.63, 3.8) is 0 Å². The minimum absolute atomic E-state index is 0.0121. The highest BCUT2D eigenvalue weighted by Gasteiger charge is 2.09. The number of hydrogen-bond acceptors (Lipinski definition) is 2. The summed E-state index contributed by atoms with van der Waals surface area (Å²) in [6.45, 7) is 0. The van der Waals surface area contributed by atoms with Gasteiger partial charge in [-0.25, -0.2) is 4.98 Å². The molecule has 2 rings (SSSR count). The highest BCUT2D eigenvalue weighted by atomic mass is 127. The Morgan fingerprint density at radius 2 is 2.06 bits per heavy atom. The van der Waals surface area contributed by atoms with Crippen LogP contribution in [-0.4, -0.2) is 9.55 Å². The molecule has 0 amide bonds. The second-order valence-corrected chi connectivity index (χ2v) is 5.06. The van der Waals surface area contributed by atoms with Gasteiger partial charge in [0.15, 0.2) is 0 Å². The Morgan fingerprint density at radius 1 is 1.38 bits per heavy atom. The second kappa shape index (κ2) is 4.97. The molecule has 0 aliphatic carbocycles. The van der Waals surface area contributed by atoms with Crippen LogP contribution in [0.15, 0.2) is 36.7 Å². The number of imidazole rings is 1. The van der Waals surface area contributed by atoms with E-state index in [-0.39, 0.29) is 6.04 Å². The molecule has 0 spiro atoms. The Balaban J connectivity index is 2.11. The summed E-state index contributed by atoms with van der Waals surface area (Å²) in [6, 6.07) is 8.32. The lowest BCUT2D eigenvalue weighted by molar-refractivity contribution is 0.659. The Hall–Kier alpha value is -0.880. The summed E-state index contributed by atoms with van der Waals surface area (Å²) in [5.41, 5.74) is 7.31. The maximum Gasteiger partial charge on any atom is 0.110 e. The van der Waals surface area contributed by atoms with E-state index in [4.69, 9.17) is 5.73 Å². The second-order valence-electron chi connectivity index (χ2n) is 3.82. The fourth-order valence-corrected chi connectivity index (χ4v) is 1.98. The van der Waals surface area contributed by atoms with Gasteiger partial charge in [-0.1, -0.05) is 12.1 Å². The monoisotopic (exact) mass is 327 g/mol. The smallest absolute Gasteiger partial charge is 0.110 e. The minimum atomic E-state index is 0.0121. The van der Waals surface area contributed by atoms with Crippen LogP contribution in [0.3, 0.4) is 0 Å². The van der Waals surface area contributed by atoms with Crippen LogP contribution in [0, 0.1) is 3.57 Å². The molecule has 3 nitrogen and oxygen atoms in total. The van der Waals surface area contributed by atoms with Gasteiger partial charge < -0.3 is 10.3 Å². The van der Waals surface area contributed by atoms with Gasteiger partial charge in [-0.05, 0) is 40.3 Å². The first-order valence-electron chi connectivity index (χ1n) is 5.14. The van der Waals surface area contributed by atoms with E-state index in [1.807, 2.05) is 17.8 Å². The summed E-state index contributed by atoms with van der Waals surface area (Å²) in [5.74, 6) is 1.02. The highest BCUT2D eigenvalue weighted by Crippen LogP contribution is 2.16. The lowest BCUT2D eigenvalue weighted by Gasteiger charge is -2.11. The van der Waals surface area contributed by atoms with Crippen molar-refractivity contribution >= 4 is 22.6 Å². The van der Waals surface area contributed by atoms with E-state index >= 15 is 0 Å². The van der Waals surface area contributed by atoms with E-state index in [2.05, 4.69) is 51.8 Å². The Morgan fingerprint density at radius 3 is 2.62 bits per heavy atom. The SMILES string of the molecule is Cn1ccnc1CC(N)c1ccc(I)cc1. The van der Waals surface area contributed by atoms with Crippen LogP contribution in [0.4, 0.5) is 0 Å². The van der Waals surface area contributed by atoms with Gasteiger partial charge in [-0.3, -0.25) is 0 Å². The van der Waals surface area contributed by atoms with Gasteiger partial charge in [0.2, 0.25) is 0 Å². The molecule has 1 aromatic carbocycles. The number of halogens is 1. The largest absolute Gasteiger partial charge is 0.338 e. The molecular formula is C12H14IN3. The topological polar surface area (TPSA) is 43.8 Å². The predicted molar refractivity (Wildman–Crippen MR) is 73.0 cm³/mol. The first-order chi connectivity index (χ1) is 7.66. The van der Waals surface area contributed by atoms with Crippen molar-refractivity contribution in [3.05, 3.63) is 51.6 Å². The van der Waals surface area contributed by atoms with Crippen LogP contribution in [-0.2, 0) is 13.5 Å². The third-order valence-corrected chi connectivity index (χ3v) is 3.34. The van der Waals surface area contributed by atoms with Gasteiger partial charge in [0.05, 0.1) is 0 Å². The Kier molecular flexibility index (Phi) is 3.60. The maximum atomic E-state index is 6.15. The Labute approximate surface area is 109 Å². The highest BCUT2D eigenvalue weighted by molar-refractivity contribution is 14.1. The lowest BCUT2D eigenvalue weighted by Crippen LogP contribution is -2.15.